The summed E-state index contributed by atoms with van der Waals surface area (Å²) in [4.78, 5) is 11.9. The van der Waals surface area contributed by atoms with Gasteiger partial charge in [0.1, 0.15) is 0 Å². The van der Waals surface area contributed by atoms with Gasteiger partial charge in [-0.15, -0.1) is 0 Å². The molecular formula is C16H16BrN3O3. The van der Waals surface area contributed by atoms with Crippen LogP contribution in [-0.4, -0.2) is 26.3 Å². The first-order valence-electron chi connectivity index (χ1n) is 6.66. The van der Waals surface area contributed by atoms with Gasteiger partial charge in [-0.1, -0.05) is 0 Å². The molecule has 23 heavy (non-hydrogen) atoms. The van der Waals surface area contributed by atoms with Crippen LogP contribution in [0.5, 0.6) is 11.5 Å². The lowest BCUT2D eigenvalue weighted by molar-refractivity contribution is 0.0955. The molecule has 0 spiro atoms. The van der Waals surface area contributed by atoms with Crippen molar-refractivity contribution in [3.63, 3.8) is 0 Å². The first kappa shape index (κ1) is 16.8. The van der Waals surface area contributed by atoms with Crippen molar-refractivity contribution in [2.45, 2.75) is 0 Å². The summed E-state index contributed by atoms with van der Waals surface area (Å²) in [6.07, 6.45) is 1.52. The number of hydrogen-bond donors (Lipinski definition) is 2. The van der Waals surface area contributed by atoms with Crippen LogP contribution >= 0.6 is 15.9 Å². The van der Waals surface area contributed by atoms with Crippen LogP contribution in [0.2, 0.25) is 0 Å². The predicted octanol–water partition coefficient (Wildman–Crippen LogP) is 2.81. The van der Waals surface area contributed by atoms with Crippen molar-refractivity contribution in [1.29, 1.82) is 0 Å². The van der Waals surface area contributed by atoms with Crippen LogP contribution < -0.4 is 20.6 Å². The van der Waals surface area contributed by atoms with Crippen LogP contribution in [0.3, 0.4) is 0 Å². The van der Waals surface area contributed by atoms with Gasteiger partial charge in [0, 0.05) is 16.8 Å². The van der Waals surface area contributed by atoms with E-state index in [0.717, 1.165) is 5.56 Å². The van der Waals surface area contributed by atoms with Gasteiger partial charge in [-0.2, -0.15) is 5.10 Å². The molecule has 0 radical (unpaired) electrons. The number of carbonyl (C=O) groups is 1. The van der Waals surface area contributed by atoms with Gasteiger partial charge in [0.25, 0.3) is 5.91 Å². The van der Waals surface area contributed by atoms with Gasteiger partial charge >= 0.3 is 0 Å². The second-order valence-electron chi connectivity index (χ2n) is 4.53. The molecule has 0 unspecified atom stereocenters. The fourth-order valence-corrected chi connectivity index (χ4v) is 2.46. The highest BCUT2D eigenvalue weighted by molar-refractivity contribution is 9.10. The molecule has 0 aliphatic rings. The number of amides is 1. The molecule has 3 N–H and O–H groups in total. The Kier molecular flexibility index (Phi) is 5.59. The average molecular weight is 378 g/mol. The van der Waals surface area contributed by atoms with E-state index < -0.39 is 0 Å². The summed E-state index contributed by atoms with van der Waals surface area (Å²) in [5, 5.41) is 3.95. The molecule has 6 nitrogen and oxygen atoms in total. The fourth-order valence-electron chi connectivity index (χ4n) is 1.86. The Hall–Kier alpha value is -2.54. The lowest BCUT2D eigenvalue weighted by atomic mass is 10.2. The minimum absolute atomic E-state index is 0.321. The largest absolute Gasteiger partial charge is 0.493 e. The average Bonchev–Trinajstić information content (AvgIpc) is 2.56. The Bertz CT molecular complexity index is 730. The Morgan fingerprint density at radius 3 is 2.48 bits per heavy atom. The van der Waals surface area contributed by atoms with Crippen molar-refractivity contribution in [1.82, 2.24) is 5.43 Å². The number of nitrogens with two attached hydrogens (primary N) is 1. The van der Waals surface area contributed by atoms with Gasteiger partial charge in [-0.3, -0.25) is 4.79 Å². The minimum Gasteiger partial charge on any atom is -0.493 e. The third kappa shape index (κ3) is 4.01. The van der Waals surface area contributed by atoms with E-state index in [-0.39, 0.29) is 5.91 Å². The summed E-state index contributed by atoms with van der Waals surface area (Å²) in [5.74, 6) is 0.835. The molecule has 2 aromatic rings. The number of halogens is 1. The predicted molar refractivity (Wildman–Crippen MR) is 93.2 cm³/mol. The number of carbonyl (C=O) groups excluding carboxylic acids is 1. The number of benzene rings is 2. The van der Waals surface area contributed by atoms with Crippen molar-refractivity contribution >= 4 is 33.7 Å². The molecular weight excluding hydrogens is 362 g/mol. The van der Waals surface area contributed by atoms with E-state index in [1.807, 2.05) is 0 Å². The Labute approximate surface area is 142 Å². The molecule has 0 fully saturated rings. The van der Waals surface area contributed by atoms with Gasteiger partial charge in [0.2, 0.25) is 0 Å². The van der Waals surface area contributed by atoms with Crippen molar-refractivity contribution in [3.05, 3.63) is 52.0 Å². The van der Waals surface area contributed by atoms with E-state index in [1.54, 1.807) is 50.6 Å². The van der Waals surface area contributed by atoms with Gasteiger partial charge in [0.05, 0.1) is 24.9 Å². The van der Waals surface area contributed by atoms with Gasteiger partial charge < -0.3 is 15.2 Å². The van der Waals surface area contributed by atoms with Crippen LogP contribution in [0.4, 0.5) is 5.69 Å². The Morgan fingerprint density at radius 1 is 1.17 bits per heavy atom. The van der Waals surface area contributed by atoms with Crippen LogP contribution in [0.1, 0.15) is 15.9 Å². The zero-order chi connectivity index (χ0) is 16.8. The van der Waals surface area contributed by atoms with E-state index in [0.29, 0.717) is 27.2 Å². The van der Waals surface area contributed by atoms with Crippen LogP contribution in [0.15, 0.2) is 46.0 Å². The molecule has 0 aliphatic carbocycles. The molecule has 1 amide bonds. The van der Waals surface area contributed by atoms with Crippen LogP contribution in [0, 0.1) is 0 Å². The van der Waals surface area contributed by atoms with Crippen LogP contribution in [-0.2, 0) is 0 Å². The summed E-state index contributed by atoms with van der Waals surface area (Å²) >= 11 is 3.43. The summed E-state index contributed by atoms with van der Waals surface area (Å²) in [6.45, 7) is 0. The molecule has 0 saturated carbocycles. The normalized spacial score (nSPS) is 10.6. The number of nitrogens with one attached hydrogen (secondary N) is 1. The Morgan fingerprint density at radius 2 is 1.87 bits per heavy atom. The number of anilines is 1. The van der Waals surface area contributed by atoms with Crippen molar-refractivity contribution in [2.24, 2.45) is 5.10 Å². The smallest absolute Gasteiger partial charge is 0.271 e. The Balaban J connectivity index is 2.11. The highest BCUT2D eigenvalue weighted by Gasteiger charge is 2.11. The molecule has 2 rings (SSSR count). The highest BCUT2D eigenvalue weighted by Crippen LogP contribution is 2.36. The monoisotopic (exact) mass is 377 g/mol. The second kappa shape index (κ2) is 7.64. The maximum absolute atomic E-state index is 11.9. The highest BCUT2D eigenvalue weighted by atomic mass is 79.9. The zero-order valence-corrected chi connectivity index (χ0v) is 14.3. The van der Waals surface area contributed by atoms with E-state index >= 15 is 0 Å². The van der Waals surface area contributed by atoms with Crippen molar-refractivity contribution in [2.75, 3.05) is 20.0 Å². The van der Waals surface area contributed by atoms with E-state index in [2.05, 4.69) is 26.5 Å². The van der Waals surface area contributed by atoms with Gasteiger partial charge in [-0.25, -0.2) is 5.43 Å². The molecule has 0 saturated heterocycles. The van der Waals surface area contributed by atoms with Crippen molar-refractivity contribution < 1.29 is 14.3 Å². The molecule has 0 heterocycles. The van der Waals surface area contributed by atoms with E-state index in [1.165, 1.54) is 6.21 Å². The number of nitrogen functional groups attached to an aromatic ring is 1. The SMILES string of the molecule is COc1ccc(/C=N\NC(=O)c2ccc(N)cc2)c(Br)c1OC. The standard InChI is InChI=1S/C16H16BrN3O3/c1-22-13-8-5-11(14(17)15(13)23-2)9-19-20-16(21)10-3-6-12(18)7-4-10/h3-9H,18H2,1-2H3,(H,20,21)/b19-9-. The lowest BCUT2D eigenvalue weighted by Gasteiger charge is -2.10. The third-order valence-corrected chi connectivity index (χ3v) is 3.88. The molecule has 0 bridgehead atoms. The maximum atomic E-state index is 11.9. The fraction of sp³-hybridized carbons (Fsp3) is 0.125. The summed E-state index contributed by atoms with van der Waals surface area (Å²) in [5.41, 5.74) is 9.85. The lowest BCUT2D eigenvalue weighted by Crippen LogP contribution is -2.17. The number of ether oxygens (including phenoxy) is 2. The topological polar surface area (TPSA) is 85.9 Å². The third-order valence-electron chi connectivity index (χ3n) is 3.06. The quantitative estimate of drug-likeness (QED) is 0.476. The summed E-state index contributed by atoms with van der Waals surface area (Å²) < 4.78 is 11.2. The number of hydrazone groups is 1. The van der Waals surface area contributed by atoms with E-state index in [9.17, 15) is 4.79 Å². The first-order valence-corrected chi connectivity index (χ1v) is 7.45. The molecule has 0 aliphatic heterocycles. The van der Waals surface area contributed by atoms with Crippen molar-refractivity contribution in [3.8, 4) is 11.5 Å². The molecule has 0 aromatic heterocycles. The van der Waals surface area contributed by atoms with Gasteiger partial charge in [-0.05, 0) is 52.3 Å². The van der Waals surface area contributed by atoms with E-state index in [4.69, 9.17) is 15.2 Å². The molecule has 0 atom stereocenters. The first-order chi connectivity index (χ1) is 11.1. The zero-order valence-electron chi connectivity index (χ0n) is 12.7. The number of methoxy groups -OCH3 is 2. The number of rotatable bonds is 5. The summed E-state index contributed by atoms with van der Waals surface area (Å²) in [7, 11) is 3.11. The van der Waals surface area contributed by atoms with Gasteiger partial charge in [0.15, 0.2) is 11.5 Å². The summed E-state index contributed by atoms with van der Waals surface area (Å²) in [6, 6.07) is 10.1. The maximum Gasteiger partial charge on any atom is 0.271 e. The second-order valence-corrected chi connectivity index (χ2v) is 5.32. The number of nitrogens with zero attached hydrogens (tertiary/aromatic N) is 1. The molecule has 120 valence electrons. The number of hydrogen-bond acceptors (Lipinski definition) is 5. The molecule has 2 aromatic carbocycles. The van der Waals surface area contributed by atoms with Crippen LogP contribution in [0.25, 0.3) is 0 Å². The molecule has 7 heteroatoms. The minimum atomic E-state index is -0.321.